The van der Waals surface area contributed by atoms with Crippen LogP contribution in [-0.4, -0.2) is 30.1 Å². The van der Waals surface area contributed by atoms with Gasteiger partial charge in [0, 0.05) is 19.4 Å². The lowest BCUT2D eigenvalue weighted by atomic mass is 10.0. The zero-order valence-corrected chi connectivity index (χ0v) is 13.7. The Bertz CT molecular complexity index is 847. The summed E-state index contributed by atoms with van der Waals surface area (Å²) in [6.45, 7) is 6.04. The summed E-state index contributed by atoms with van der Waals surface area (Å²) in [7, 11) is 1.82. The Morgan fingerprint density at radius 1 is 1.35 bits per heavy atom. The third kappa shape index (κ3) is 2.81. The summed E-state index contributed by atoms with van der Waals surface area (Å²) in [5.74, 6) is 0.698. The zero-order valence-electron chi connectivity index (χ0n) is 13.7. The molecule has 1 N–H and O–H groups in total. The van der Waals surface area contributed by atoms with Gasteiger partial charge in [-0.3, -0.25) is 9.48 Å². The molecule has 1 unspecified atom stereocenters. The van der Waals surface area contributed by atoms with Gasteiger partial charge in [0.25, 0.3) is 5.91 Å². The molecule has 7 nitrogen and oxygen atoms in total. The number of carbonyl (C=O) groups is 1. The van der Waals surface area contributed by atoms with E-state index in [0.29, 0.717) is 5.69 Å². The first-order valence-corrected chi connectivity index (χ1v) is 7.56. The highest BCUT2D eigenvalue weighted by molar-refractivity contribution is 5.93. The average Bonchev–Trinajstić information content (AvgIpc) is 3.11. The van der Waals surface area contributed by atoms with E-state index in [4.69, 9.17) is 0 Å². The van der Waals surface area contributed by atoms with Crippen LogP contribution in [0.3, 0.4) is 0 Å². The van der Waals surface area contributed by atoms with Gasteiger partial charge in [0.05, 0.1) is 6.04 Å². The molecule has 0 saturated heterocycles. The number of amides is 1. The minimum absolute atomic E-state index is 0.181. The highest BCUT2D eigenvalue weighted by atomic mass is 16.2. The molecule has 0 radical (unpaired) electrons. The molecule has 7 heteroatoms. The van der Waals surface area contributed by atoms with Crippen LogP contribution in [0, 0.1) is 12.8 Å². The minimum atomic E-state index is -0.221. The molecule has 0 bridgehead atoms. The maximum absolute atomic E-state index is 12.6. The second-order valence-electron chi connectivity index (χ2n) is 5.99. The predicted molar refractivity (Wildman–Crippen MR) is 86.0 cm³/mol. The fraction of sp³-hybridized carbons (Fsp3) is 0.375. The Hall–Kier alpha value is -2.70. The number of fused-ring (bicyclic) bond motifs is 1. The molecule has 0 saturated carbocycles. The maximum atomic E-state index is 12.6. The Balaban J connectivity index is 1.89. The van der Waals surface area contributed by atoms with Gasteiger partial charge in [-0.2, -0.15) is 5.10 Å². The van der Waals surface area contributed by atoms with E-state index in [9.17, 15) is 4.79 Å². The maximum Gasteiger partial charge on any atom is 0.272 e. The number of imidazole rings is 1. The molecular weight excluding hydrogens is 292 g/mol. The van der Waals surface area contributed by atoms with Gasteiger partial charge < -0.3 is 9.72 Å². The first kappa shape index (κ1) is 15.2. The van der Waals surface area contributed by atoms with E-state index in [0.717, 1.165) is 17.0 Å². The molecule has 1 amide bonds. The molecule has 0 fully saturated rings. The zero-order chi connectivity index (χ0) is 16.6. The lowest BCUT2D eigenvalue weighted by Gasteiger charge is -2.20. The van der Waals surface area contributed by atoms with Crippen LogP contribution in [0.2, 0.25) is 0 Å². The van der Waals surface area contributed by atoms with Crippen LogP contribution < -0.4 is 5.32 Å². The van der Waals surface area contributed by atoms with Crippen molar-refractivity contribution in [3.63, 3.8) is 0 Å². The fourth-order valence-electron chi connectivity index (χ4n) is 2.59. The van der Waals surface area contributed by atoms with Crippen molar-refractivity contribution in [3.05, 3.63) is 47.9 Å². The second kappa shape index (κ2) is 5.83. The summed E-state index contributed by atoms with van der Waals surface area (Å²) in [5, 5.41) is 7.10. The van der Waals surface area contributed by atoms with E-state index < -0.39 is 0 Å². The Kier molecular flexibility index (Phi) is 3.85. The molecule has 120 valence electrons. The van der Waals surface area contributed by atoms with E-state index in [1.54, 1.807) is 10.9 Å². The van der Waals surface area contributed by atoms with Crippen LogP contribution >= 0.6 is 0 Å². The minimum Gasteiger partial charge on any atom is -0.340 e. The number of nitrogens with zero attached hydrogens (tertiary/aromatic N) is 5. The van der Waals surface area contributed by atoms with Crippen molar-refractivity contribution in [1.82, 2.24) is 29.5 Å². The molecule has 23 heavy (non-hydrogen) atoms. The highest BCUT2D eigenvalue weighted by Crippen LogP contribution is 2.20. The monoisotopic (exact) mass is 312 g/mol. The molecule has 3 aromatic rings. The van der Waals surface area contributed by atoms with Crippen molar-refractivity contribution in [2.24, 2.45) is 13.0 Å². The highest BCUT2D eigenvalue weighted by Gasteiger charge is 2.24. The molecule has 0 aliphatic carbocycles. The molecule has 1 atom stereocenters. The summed E-state index contributed by atoms with van der Waals surface area (Å²) in [6, 6.07) is 3.68. The van der Waals surface area contributed by atoms with Crippen molar-refractivity contribution < 1.29 is 4.79 Å². The number of rotatable bonds is 4. The van der Waals surface area contributed by atoms with Crippen LogP contribution in [-0.2, 0) is 7.05 Å². The first-order chi connectivity index (χ1) is 11.0. The standard InChI is InChI=1S/C16H20N6O/c1-10(2)13(15-17-9-18-21(15)4)20-16(23)12-8-22-7-5-6-11(3)14(22)19-12/h5-10,13H,1-4H3,(H,20,23). The Morgan fingerprint density at radius 2 is 2.13 bits per heavy atom. The number of aryl methyl sites for hydroxylation is 2. The van der Waals surface area contributed by atoms with E-state index >= 15 is 0 Å². The van der Waals surface area contributed by atoms with Crippen LogP contribution in [0.15, 0.2) is 30.9 Å². The van der Waals surface area contributed by atoms with Crippen LogP contribution in [0.4, 0.5) is 0 Å². The van der Waals surface area contributed by atoms with E-state index in [1.165, 1.54) is 6.33 Å². The molecule has 0 aliphatic rings. The molecule has 3 rings (SSSR count). The van der Waals surface area contributed by atoms with Gasteiger partial charge in [-0.1, -0.05) is 19.9 Å². The van der Waals surface area contributed by atoms with Gasteiger partial charge in [-0.15, -0.1) is 0 Å². The normalized spacial score (nSPS) is 12.7. The first-order valence-electron chi connectivity index (χ1n) is 7.56. The molecule has 3 heterocycles. The van der Waals surface area contributed by atoms with Crippen molar-refractivity contribution in [1.29, 1.82) is 0 Å². The quantitative estimate of drug-likeness (QED) is 0.798. The van der Waals surface area contributed by atoms with Gasteiger partial charge in [0.15, 0.2) is 0 Å². The summed E-state index contributed by atoms with van der Waals surface area (Å²) >= 11 is 0. The second-order valence-corrected chi connectivity index (χ2v) is 5.99. The number of carbonyl (C=O) groups excluding carboxylic acids is 1. The van der Waals surface area contributed by atoms with Crippen molar-refractivity contribution in [3.8, 4) is 0 Å². The smallest absolute Gasteiger partial charge is 0.272 e. The van der Waals surface area contributed by atoms with Gasteiger partial charge in [0.1, 0.15) is 23.5 Å². The van der Waals surface area contributed by atoms with Gasteiger partial charge in [0.2, 0.25) is 0 Å². The van der Waals surface area contributed by atoms with Crippen LogP contribution in [0.25, 0.3) is 5.65 Å². The number of aromatic nitrogens is 5. The van der Waals surface area contributed by atoms with Crippen molar-refractivity contribution in [2.45, 2.75) is 26.8 Å². The van der Waals surface area contributed by atoms with E-state index in [-0.39, 0.29) is 17.9 Å². The Morgan fingerprint density at radius 3 is 2.74 bits per heavy atom. The van der Waals surface area contributed by atoms with Gasteiger partial charge in [-0.25, -0.2) is 9.97 Å². The SMILES string of the molecule is Cc1cccn2cc(C(=O)NC(c3ncnn3C)C(C)C)nc12. The number of hydrogen-bond acceptors (Lipinski definition) is 4. The third-order valence-electron chi connectivity index (χ3n) is 3.89. The summed E-state index contributed by atoms with van der Waals surface area (Å²) < 4.78 is 3.54. The molecule has 0 aliphatic heterocycles. The Labute approximate surface area is 134 Å². The molecule has 0 spiro atoms. The van der Waals surface area contributed by atoms with Crippen LogP contribution in [0.5, 0.6) is 0 Å². The average molecular weight is 312 g/mol. The van der Waals surface area contributed by atoms with Crippen molar-refractivity contribution in [2.75, 3.05) is 0 Å². The van der Waals surface area contributed by atoms with Gasteiger partial charge in [-0.05, 0) is 24.5 Å². The largest absolute Gasteiger partial charge is 0.340 e. The summed E-state index contributed by atoms with van der Waals surface area (Å²) in [4.78, 5) is 21.3. The lowest BCUT2D eigenvalue weighted by Crippen LogP contribution is -2.33. The summed E-state index contributed by atoms with van der Waals surface area (Å²) in [6.07, 6.45) is 5.12. The van der Waals surface area contributed by atoms with E-state index in [2.05, 4.69) is 20.4 Å². The van der Waals surface area contributed by atoms with Gasteiger partial charge >= 0.3 is 0 Å². The van der Waals surface area contributed by atoms with E-state index in [1.807, 2.05) is 50.5 Å². The molecule has 3 aromatic heterocycles. The third-order valence-corrected chi connectivity index (χ3v) is 3.89. The topological polar surface area (TPSA) is 77.1 Å². The van der Waals surface area contributed by atoms with Crippen LogP contribution in [0.1, 0.15) is 41.8 Å². The number of hydrogen-bond donors (Lipinski definition) is 1. The lowest BCUT2D eigenvalue weighted by molar-refractivity contribution is 0.0917. The molecular formula is C16H20N6O. The number of nitrogens with one attached hydrogen (secondary N) is 1. The molecule has 0 aromatic carbocycles. The van der Waals surface area contributed by atoms with Crippen molar-refractivity contribution >= 4 is 11.6 Å². The number of pyridine rings is 1. The summed E-state index contributed by atoms with van der Waals surface area (Å²) in [5.41, 5.74) is 2.21. The fourth-order valence-corrected chi connectivity index (χ4v) is 2.59. The predicted octanol–water partition coefficient (Wildman–Crippen LogP) is 1.90.